The first kappa shape index (κ1) is 17.8. The van der Waals surface area contributed by atoms with E-state index in [1.165, 1.54) is 4.90 Å². The fourth-order valence-corrected chi connectivity index (χ4v) is 3.73. The van der Waals surface area contributed by atoms with Crippen molar-refractivity contribution in [1.29, 1.82) is 5.26 Å². The lowest BCUT2D eigenvalue weighted by molar-refractivity contribution is 0.0993. The van der Waals surface area contributed by atoms with Crippen LogP contribution in [0.4, 0.5) is 5.69 Å². The molecule has 1 heterocycles. The van der Waals surface area contributed by atoms with Crippen LogP contribution in [-0.4, -0.2) is 20.1 Å². The van der Waals surface area contributed by atoms with Gasteiger partial charge in [-0.25, -0.2) is 0 Å². The fourth-order valence-electron chi connectivity index (χ4n) is 3.73. The lowest BCUT2D eigenvalue weighted by Crippen LogP contribution is -2.27. The van der Waals surface area contributed by atoms with E-state index in [0.29, 0.717) is 22.7 Å². The Bertz CT molecular complexity index is 912. The molecule has 5 nitrogen and oxygen atoms in total. The van der Waals surface area contributed by atoms with E-state index in [1.807, 2.05) is 39.0 Å². The first-order valence-electron chi connectivity index (χ1n) is 8.53. The summed E-state index contributed by atoms with van der Waals surface area (Å²) in [7, 11) is 3.17. The van der Waals surface area contributed by atoms with Crippen molar-refractivity contribution in [3.8, 4) is 17.6 Å². The van der Waals surface area contributed by atoms with Gasteiger partial charge < -0.3 is 9.47 Å². The first-order chi connectivity index (χ1) is 12.5. The van der Waals surface area contributed by atoms with Crippen LogP contribution in [0.1, 0.15) is 52.9 Å². The van der Waals surface area contributed by atoms with Gasteiger partial charge >= 0.3 is 0 Å². The average Bonchev–Trinajstić information content (AvgIpc) is 2.93. The smallest absolute Gasteiger partial charge is 0.260 e. The van der Waals surface area contributed by atoms with Crippen LogP contribution in [0.5, 0.6) is 11.5 Å². The number of anilines is 1. The Balaban J connectivity index is 2.31. The molecule has 5 heteroatoms. The third-order valence-electron chi connectivity index (χ3n) is 4.80. The van der Waals surface area contributed by atoms with Crippen molar-refractivity contribution in [1.82, 2.24) is 0 Å². The standard InChI is InChI=1S/C21H22N2O3/c1-12(2)18-17(26-5)10-13(3)19-20(18)15(11-22)23(21(19)24)14-8-6-7-9-16(14)25-4/h6-10,12,15H,1-5H3. The molecule has 0 bridgehead atoms. The van der Waals surface area contributed by atoms with E-state index in [9.17, 15) is 10.1 Å². The van der Waals surface area contributed by atoms with Crippen molar-refractivity contribution in [3.05, 3.63) is 52.6 Å². The number of hydrogen-bond acceptors (Lipinski definition) is 4. The molecular weight excluding hydrogens is 328 g/mol. The molecule has 0 spiro atoms. The van der Waals surface area contributed by atoms with E-state index in [4.69, 9.17) is 9.47 Å². The minimum absolute atomic E-state index is 0.112. The molecule has 134 valence electrons. The van der Waals surface area contributed by atoms with Crippen molar-refractivity contribution >= 4 is 11.6 Å². The third-order valence-corrected chi connectivity index (χ3v) is 4.80. The lowest BCUT2D eigenvalue weighted by Gasteiger charge is -2.23. The zero-order valence-corrected chi connectivity index (χ0v) is 15.7. The molecule has 2 aromatic rings. The Kier molecular flexibility index (Phi) is 4.60. The summed E-state index contributed by atoms with van der Waals surface area (Å²) in [5.74, 6) is 1.20. The summed E-state index contributed by atoms with van der Waals surface area (Å²) in [6, 6.07) is 10.7. The van der Waals surface area contributed by atoms with E-state index >= 15 is 0 Å². The van der Waals surface area contributed by atoms with Crippen molar-refractivity contribution in [2.24, 2.45) is 0 Å². The van der Waals surface area contributed by atoms with Gasteiger partial charge in [0.25, 0.3) is 5.91 Å². The summed E-state index contributed by atoms with van der Waals surface area (Å²) in [6.07, 6.45) is 0. The normalized spacial score (nSPS) is 15.8. The number of amides is 1. The predicted octanol–water partition coefficient (Wildman–Crippen LogP) is 4.36. The van der Waals surface area contributed by atoms with Gasteiger partial charge in [0, 0.05) is 16.7 Å². The highest BCUT2D eigenvalue weighted by atomic mass is 16.5. The van der Waals surface area contributed by atoms with Crippen molar-refractivity contribution in [2.45, 2.75) is 32.7 Å². The minimum atomic E-state index is -0.722. The molecule has 0 aliphatic carbocycles. The van der Waals surface area contributed by atoms with Gasteiger partial charge in [0.2, 0.25) is 0 Å². The highest BCUT2D eigenvalue weighted by molar-refractivity contribution is 6.13. The zero-order valence-electron chi connectivity index (χ0n) is 15.7. The molecule has 0 fully saturated rings. The third kappa shape index (κ3) is 2.50. The second-order valence-corrected chi connectivity index (χ2v) is 6.63. The van der Waals surface area contributed by atoms with Crippen molar-refractivity contribution in [2.75, 3.05) is 19.1 Å². The van der Waals surface area contributed by atoms with E-state index < -0.39 is 6.04 Å². The highest BCUT2D eigenvalue weighted by Crippen LogP contribution is 2.47. The molecule has 0 N–H and O–H groups in total. The van der Waals surface area contributed by atoms with Crippen LogP contribution in [0.3, 0.4) is 0 Å². The second kappa shape index (κ2) is 6.72. The predicted molar refractivity (Wildman–Crippen MR) is 100.0 cm³/mol. The Hall–Kier alpha value is -3.00. The molecule has 1 unspecified atom stereocenters. The molecule has 2 aromatic carbocycles. The Morgan fingerprint density at radius 3 is 2.38 bits per heavy atom. The summed E-state index contributed by atoms with van der Waals surface area (Å²) in [5, 5.41) is 9.96. The Morgan fingerprint density at radius 1 is 1.15 bits per heavy atom. The van der Waals surface area contributed by atoms with Crippen LogP contribution < -0.4 is 14.4 Å². The van der Waals surface area contributed by atoms with Gasteiger partial charge in [-0.15, -0.1) is 0 Å². The monoisotopic (exact) mass is 350 g/mol. The summed E-state index contributed by atoms with van der Waals surface area (Å²) < 4.78 is 11.0. The van der Waals surface area contributed by atoms with Crippen LogP contribution >= 0.6 is 0 Å². The molecule has 3 rings (SSSR count). The van der Waals surface area contributed by atoms with Gasteiger partial charge in [0.15, 0.2) is 6.04 Å². The largest absolute Gasteiger partial charge is 0.496 e. The summed E-state index contributed by atoms with van der Waals surface area (Å²) in [4.78, 5) is 14.8. The van der Waals surface area contributed by atoms with E-state index in [2.05, 4.69) is 6.07 Å². The molecule has 0 aromatic heterocycles. The maximum Gasteiger partial charge on any atom is 0.260 e. The number of carbonyl (C=O) groups is 1. The number of rotatable bonds is 4. The Labute approximate surface area is 153 Å². The molecule has 26 heavy (non-hydrogen) atoms. The van der Waals surface area contributed by atoms with Gasteiger partial charge in [-0.1, -0.05) is 26.0 Å². The number of hydrogen-bond donors (Lipinski definition) is 0. The first-order valence-corrected chi connectivity index (χ1v) is 8.53. The minimum Gasteiger partial charge on any atom is -0.496 e. The Morgan fingerprint density at radius 2 is 1.81 bits per heavy atom. The molecule has 0 radical (unpaired) electrons. The highest BCUT2D eigenvalue weighted by Gasteiger charge is 2.43. The number of para-hydroxylation sites is 2. The quantitative estimate of drug-likeness (QED) is 0.822. The number of benzene rings is 2. The van der Waals surface area contributed by atoms with E-state index in [-0.39, 0.29) is 11.8 Å². The number of aryl methyl sites for hydroxylation is 1. The molecular formula is C21H22N2O3. The van der Waals surface area contributed by atoms with Gasteiger partial charge in [-0.05, 0) is 36.6 Å². The number of carbonyl (C=O) groups excluding carboxylic acids is 1. The topological polar surface area (TPSA) is 62.6 Å². The van der Waals surface area contributed by atoms with Gasteiger partial charge in [-0.2, -0.15) is 5.26 Å². The SMILES string of the molecule is COc1ccccc1N1C(=O)c2c(C)cc(OC)c(C(C)C)c2C1C#N. The number of ether oxygens (including phenoxy) is 2. The van der Waals surface area contributed by atoms with Crippen molar-refractivity contribution in [3.63, 3.8) is 0 Å². The van der Waals surface area contributed by atoms with Gasteiger partial charge in [-0.3, -0.25) is 9.69 Å². The summed E-state index contributed by atoms with van der Waals surface area (Å²) >= 11 is 0. The van der Waals surface area contributed by atoms with Gasteiger partial charge in [0.05, 0.1) is 26.0 Å². The van der Waals surface area contributed by atoms with Crippen LogP contribution in [0.2, 0.25) is 0 Å². The fraction of sp³-hybridized carbons (Fsp3) is 0.333. The van der Waals surface area contributed by atoms with Gasteiger partial charge in [0.1, 0.15) is 11.5 Å². The van der Waals surface area contributed by atoms with Crippen LogP contribution in [0.25, 0.3) is 0 Å². The number of methoxy groups -OCH3 is 2. The van der Waals surface area contributed by atoms with E-state index in [1.54, 1.807) is 26.4 Å². The number of nitrogens with zero attached hydrogens (tertiary/aromatic N) is 2. The summed E-state index contributed by atoms with van der Waals surface area (Å²) in [6.45, 7) is 5.96. The lowest BCUT2D eigenvalue weighted by atomic mass is 9.88. The molecule has 1 amide bonds. The summed E-state index contributed by atoms with van der Waals surface area (Å²) in [5.41, 5.74) is 3.65. The molecule has 0 saturated heterocycles. The van der Waals surface area contributed by atoms with Crippen molar-refractivity contribution < 1.29 is 14.3 Å². The van der Waals surface area contributed by atoms with Crippen LogP contribution in [0, 0.1) is 18.3 Å². The molecule has 0 saturated carbocycles. The molecule has 1 atom stereocenters. The molecule has 1 aliphatic rings. The maximum atomic E-state index is 13.3. The molecule has 1 aliphatic heterocycles. The second-order valence-electron chi connectivity index (χ2n) is 6.63. The van der Waals surface area contributed by atoms with Crippen LogP contribution in [-0.2, 0) is 0 Å². The zero-order chi connectivity index (χ0) is 19.0. The number of fused-ring (bicyclic) bond motifs is 1. The van der Waals surface area contributed by atoms with Crippen LogP contribution in [0.15, 0.2) is 30.3 Å². The van der Waals surface area contributed by atoms with E-state index in [0.717, 1.165) is 16.7 Å². The maximum absolute atomic E-state index is 13.3. The average molecular weight is 350 g/mol. The number of nitriles is 1.